The van der Waals surface area contributed by atoms with E-state index in [1.54, 1.807) is 0 Å². The molecule has 3 aromatic rings. The van der Waals surface area contributed by atoms with Gasteiger partial charge in [-0.05, 0) is 0 Å². The van der Waals surface area contributed by atoms with E-state index < -0.39 is 14.4 Å². The molecule has 0 heterocycles. The van der Waals surface area contributed by atoms with E-state index in [-0.39, 0.29) is 0 Å². The molecule has 0 N–H and O–H groups in total. The monoisotopic (exact) mass is 500 g/mol. The zero-order valence-corrected chi connectivity index (χ0v) is 23.4. The van der Waals surface area contributed by atoms with Gasteiger partial charge in [0.05, 0.1) is 0 Å². The van der Waals surface area contributed by atoms with Crippen LogP contribution in [0.2, 0.25) is 18.5 Å². The van der Waals surface area contributed by atoms with Crippen molar-refractivity contribution in [2.45, 2.75) is 32.7 Å². The van der Waals surface area contributed by atoms with E-state index in [9.17, 15) is 0 Å². The van der Waals surface area contributed by atoms with Crippen molar-refractivity contribution in [3.05, 3.63) is 107 Å². The van der Waals surface area contributed by atoms with Crippen LogP contribution in [0.5, 0.6) is 0 Å². The first-order valence-corrected chi connectivity index (χ1v) is 30.2. The molecule has 2 aliphatic rings. The van der Waals surface area contributed by atoms with Crippen molar-refractivity contribution in [1.82, 2.24) is 0 Å². The van der Waals surface area contributed by atoms with Crippen LogP contribution in [0.4, 0.5) is 0 Å². The first-order chi connectivity index (χ1) is 14.3. The fourth-order valence-corrected chi connectivity index (χ4v) is 31.6. The Morgan fingerprint density at radius 3 is 2.13 bits per heavy atom. The van der Waals surface area contributed by atoms with Crippen LogP contribution in [0.25, 0.3) is 23.3 Å². The minimum atomic E-state index is -4.46. The van der Waals surface area contributed by atoms with Gasteiger partial charge in [0.1, 0.15) is 0 Å². The number of benzene rings is 3. The number of hydrogen-bond donors (Lipinski definition) is 0. The van der Waals surface area contributed by atoms with Crippen molar-refractivity contribution in [3.63, 3.8) is 0 Å². The Hall–Kier alpha value is -1.76. The van der Waals surface area contributed by atoms with Gasteiger partial charge in [-0.1, -0.05) is 0 Å². The van der Waals surface area contributed by atoms with Crippen LogP contribution >= 0.6 is 0 Å². The summed E-state index contributed by atoms with van der Waals surface area (Å²) >= 11 is -4.46. The maximum absolute atomic E-state index is 4.46. The molecule has 0 bridgehead atoms. The molecule has 2 unspecified atom stereocenters. The number of fused-ring (bicyclic) bond motifs is 2. The fourth-order valence-electron chi connectivity index (χ4n) is 7.22. The van der Waals surface area contributed by atoms with Gasteiger partial charge >= 0.3 is 184 Å². The molecule has 31 heavy (non-hydrogen) atoms. The molecule has 2 atom stereocenters. The topological polar surface area (TPSA) is 0 Å². The van der Waals surface area contributed by atoms with Crippen LogP contribution in [0.1, 0.15) is 36.4 Å². The van der Waals surface area contributed by atoms with Gasteiger partial charge in [0, 0.05) is 0 Å². The van der Waals surface area contributed by atoms with E-state index >= 15 is 0 Å². The third kappa shape index (κ3) is 3.02. The van der Waals surface area contributed by atoms with Gasteiger partial charge in [-0.25, -0.2) is 0 Å². The number of rotatable bonds is 3. The summed E-state index contributed by atoms with van der Waals surface area (Å²) in [6, 6.07) is 26.9. The van der Waals surface area contributed by atoms with Crippen LogP contribution in [-0.2, 0) is 14.4 Å². The summed E-state index contributed by atoms with van der Waals surface area (Å²) in [6.45, 7) is 4.76. The molecular weight excluding hydrogens is 468 g/mol. The molecule has 0 aromatic heterocycles. The van der Waals surface area contributed by atoms with Crippen molar-refractivity contribution in [1.29, 1.82) is 0 Å². The number of allylic oxidation sites excluding steroid dienone is 2. The molecule has 158 valence electrons. The molecule has 0 saturated heterocycles. The van der Waals surface area contributed by atoms with E-state index in [2.05, 4.69) is 123 Å². The van der Waals surface area contributed by atoms with Gasteiger partial charge in [0.25, 0.3) is 0 Å². The van der Waals surface area contributed by atoms with Crippen LogP contribution in [0.3, 0.4) is 0 Å². The molecule has 0 amide bonds. The summed E-state index contributed by atoms with van der Waals surface area (Å²) in [5.41, 5.74) is 10.1. The minimum absolute atomic E-state index is 0.452. The van der Waals surface area contributed by atoms with Crippen molar-refractivity contribution in [2.75, 3.05) is 0 Å². The predicted molar refractivity (Wildman–Crippen MR) is 138 cm³/mol. The summed E-state index contributed by atoms with van der Waals surface area (Å²) in [5.74, 6) is 0. The molecule has 0 radical (unpaired) electrons. The summed E-state index contributed by atoms with van der Waals surface area (Å²) in [7, 11) is 0. The van der Waals surface area contributed by atoms with Crippen LogP contribution in [-0.4, -0.2) is 6.88 Å². The second kappa shape index (κ2) is 5.59. The summed E-state index contributed by atoms with van der Waals surface area (Å²) < 4.78 is 11.8. The van der Waals surface area contributed by atoms with Gasteiger partial charge in [-0.3, -0.25) is 0 Å². The van der Waals surface area contributed by atoms with Crippen LogP contribution in [0, 0.1) is 0 Å². The third-order valence-corrected chi connectivity index (χ3v) is 32.0. The van der Waals surface area contributed by atoms with Crippen molar-refractivity contribution >= 4 is 19.0 Å². The van der Waals surface area contributed by atoms with E-state index in [1.165, 1.54) is 39.0 Å². The molecule has 2 aliphatic carbocycles. The van der Waals surface area contributed by atoms with Gasteiger partial charge in [0.2, 0.25) is 0 Å². The van der Waals surface area contributed by atoms with E-state index in [0.29, 0.717) is 7.25 Å². The van der Waals surface area contributed by atoms with Gasteiger partial charge in [-0.2, -0.15) is 0 Å². The zero-order chi connectivity index (χ0) is 22.2. The summed E-state index contributed by atoms with van der Waals surface area (Å²) in [4.78, 5) is 0. The fraction of sp³-hybridized carbons (Fsp3) is 0.241. The van der Waals surface area contributed by atoms with Crippen LogP contribution in [0.15, 0.2) is 84.4 Å². The average molecular weight is 502 g/mol. The SMILES string of the molecule is CC1=Cc2ccccc2[CH]1[Zr]([CH3])([CH3])([CH3])([CH3])(=[SiH2])[CH]1C=Cc2c(-c3ccccc3)cccc21. The molecule has 0 saturated carbocycles. The summed E-state index contributed by atoms with van der Waals surface area (Å²) in [6.07, 6.45) is 7.42. The Morgan fingerprint density at radius 2 is 1.39 bits per heavy atom. The van der Waals surface area contributed by atoms with E-state index in [1.807, 2.05) is 0 Å². The molecule has 0 fully saturated rings. The molecule has 3 aromatic carbocycles. The Balaban J connectivity index is 1.77. The second-order valence-corrected chi connectivity index (χ2v) is 74.7. The second-order valence-electron chi connectivity index (χ2n) is 14.3. The Kier molecular flexibility index (Phi) is 3.80. The Labute approximate surface area is 183 Å². The number of hydrogen-bond acceptors (Lipinski definition) is 0. The molecule has 0 nitrogen and oxygen atoms in total. The first kappa shape index (κ1) is 21.1. The van der Waals surface area contributed by atoms with Gasteiger partial charge < -0.3 is 0 Å². The standard InChI is InChI=1S/C15H11.C10H9.4CH3.H2Si.Zr/c1-2-6-12(7-3-1)14-10-4-8-13-9-5-11-15(13)14;1-8-6-9-4-2-3-5-10(9)7-8;;;;;;/h1-11H;2-7H,1H3;4*1H3;1H2;. The summed E-state index contributed by atoms with van der Waals surface area (Å²) in [5, 5.41) is 0. The quantitative estimate of drug-likeness (QED) is 0.318. The normalized spacial score (nSPS) is 23.1. The van der Waals surface area contributed by atoms with Gasteiger partial charge in [0.15, 0.2) is 0 Å². The Bertz CT molecular complexity index is 1410. The average Bonchev–Trinajstić information content (AvgIpc) is 3.29. The van der Waals surface area contributed by atoms with Crippen molar-refractivity contribution in [2.24, 2.45) is 0 Å². The van der Waals surface area contributed by atoms with Crippen molar-refractivity contribution in [3.8, 4) is 11.1 Å². The third-order valence-electron chi connectivity index (χ3n) is 8.33. The molecule has 0 aliphatic heterocycles. The molecule has 2 heteroatoms. The maximum atomic E-state index is 2.71. The molecule has 0 spiro atoms. The molecule has 5 rings (SSSR count). The Morgan fingerprint density at radius 1 is 0.742 bits per heavy atom. The first-order valence-electron chi connectivity index (χ1n) is 11.6. The van der Waals surface area contributed by atoms with Crippen LogP contribution < -0.4 is 0 Å². The van der Waals surface area contributed by atoms with E-state index in [0.717, 1.165) is 0 Å². The van der Waals surface area contributed by atoms with Crippen molar-refractivity contribution < 1.29 is 14.4 Å². The zero-order valence-electron chi connectivity index (χ0n) is 19.5. The molecular formula is C29H34SiZr. The predicted octanol–water partition coefficient (Wildman–Crippen LogP) is 8.08. The van der Waals surface area contributed by atoms with E-state index in [4.69, 9.17) is 0 Å². The van der Waals surface area contributed by atoms with Gasteiger partial charge in [-0.15, -0.1) is 0 Å².